The second-order valence-electron chi connectivity index (χ2n) is 26.5. The van der Waals surface area contributed by atoms with E-state index in [1.807, 2.05) is 0 Å². The number of allylic oxidation sites excluding steroid dienone is 16. The average molecular weight is 1230 g/mol. The lowest BCUT2D eigenvalue weighted by atomic mass is 10.1. The Kier molecular flexibility index (Phi) is 70.1. The van der Waals surface area contributed by atoms with Gasteiger partial charge in [0, 0.05) is 52.4 Å². The highest BCUT2D eigenvalue weighted by atomic mass is 16.3. The predicted octanol–water partition coefficient (Wildman–Crippen LogP) is 22.2. The van der Waals surface area contributed by atoms with E-state index >= 15 is 0 Å². The van der Waals surface area contributed by atoms with Crippen LogP contribution in [0.3, 0.4) is 0 Å². The van der Waals surface area contributed by atoms with Gasteiger partial charge in [0.1, 0.15) is 0 Å². The number of unbranched alkanes of at least 4 members (excludes halogenated alkanes) is 32. The Morgan fingerprint density at radius 2 is 0.409 bits per heavy atom. The predicted molar refractivity (Wildman–Crippen MR) is 392 cm³/mol. The Balaban J connectivity index is 5.38. The highest BCUT2D eigenvalue weighted by Gasteiger charge is 2.19. The van der Waals surface area contributed by atoms with Gasteiger partial charge < -0.3 is 25.3 Å². The molecule has 0 aliphatic heterocycles. The maximum absolute atomic E-state index is 11.4. The summed E-state index contributed by atoms with van der Waals surface area (Å²) in [6.07, 6.45) is 91.9. The minimum atomic E-state index is -0.406. The van der Waals surface area contributed by atoms with Gasteiger partial charge in [-0.05, 0) is 161 Å². The molecule has 7 heteroatoms. The molecule has 0 fully saturated rings. The minimum absolute atomic E-state index is 0.406. The van der Waals surface area contributed by atoms with E-state index in [4.69, 9.17) is 0 Å². The summed E-state index contributed by atoms with van der Waals surface area (Å²) >= 11 is 0. The molecule has 0 saturated carbocycles. The molecule has 0 aromatic carbocycles. The number of nitrogens with zero attached hydrogens (tertiary/aromatic N) is 3. The maximum atomic E-state index is 11.4. The number of hydrogen-bond acceptors (Lipinski definition) is 7. The topological polar surface area (TPSA) is 90.6 Å². The van der Waals surface area contributed by atoms with E-state index < -0.39 is 24.4 Å². The van der Waals surface area contributed by atoms with Gasteiger partial charge in [-0.15, -0.1) is 0 Å². The Hall–Kier alpha value is -2.36. The Morgan fingerprint density at radius 1 is 0.227 bits per heavy atom. The molecule has 0 amide bonds. The molecule has 4 atom stereocenters. The molecule has 0 aromatic heterocycles. The van der Waals surface area contributed by atoms with Crippen LogP contribution in [0.2, 0.25) is 0 Å². The van der Waals surface area contributed by atoms with E-state index in [1.165, 1.54) is 180 Å². The van der Waals surface area contributed by atoms with Gasteiger partial charge >= 0.3 is 0 Å². The number of rotatable bonds is 70. The first-order chi connectivity index (χ1) is 43.2. The highest BCUT2D eigenvalue weighted by Crippen LogP contribution is 2.16. The molecule has 4 unspecified atom stereocenters. The van der Waals surface area contributed by atoms with Gasteiger partial charge in [0.2, 0.25) is 0 Å². The van der Waals surface area contributed by atoms with Gasteiger partial charge in [0.15, 0.2) is 0 Å². The third-order valence-corrected chi connectivity index (χ3v) is 17.4. The number of likely N-dealkylation sites (N-methyl/N-ethyl adjacent to an activating group) is 1. The van der Waals surface area contributed by atoms with Crippen molar-refractivity contribution in [1.29, 1.82) is 0 Å². The Bertz CT molecular complexity index is 1390. The van der Waals surface area contributed by atoms with E-state index in [0.29, 0.717) is 26.2 Å². The molecule has 4 N–H and O–H groups in total. The van der Waals surface area contributed by atoms with Crippen LogP contribution in [0.15, 0.2) is 97.2 Å². The van der Waals surface area contributed by atoms with Gasteiger partial charge in [0.25, 0.3) is 0 Å². The van der Waals surface area contributed by atoms with E-state index in [0.717, 1.165) is 155 Å². The lowest BCUT2D eigenvalue weighted by Gasteiger charge is -2.31. The molecule has 88 heavy (non-hydrogen) atoms. The quantitative estimate of drug-likeness (QED) is 0.0356. The van der Waals surface area contributed by atoms with Crippen molar-refractivity contribution in [3.05, 3.63) is 97.2 Å². The van der Waals surface area contributed by atoms with E-state index in [9.17, 15) is 20.4 Å². The van der Waals surface area contributed by atoms with Gasteiger partial charge in [-0.3, -0.25) is 9.80 Å². The fourth-order valence-electron chi connectivity index (χ4n) is 11.6. The molecule has 0 aliphatic rings. The summed E-state index contributed by atoms with van der Waals surface area (Å²) in [6.45, 7) is 14.7. The normalized spacial score (nSPS) is 14.2. The summed E-state index contributed by atoms with van der Waals surface area (Å²) in [7, 11) is 2.18. The SMILES string of the molecule is CCCCCC/C=C\C/C=C\CCCCCCC(O)CN(CCN(C)CCN(CC(O)CCCCCC/C=C\C/C=C\CCCCCC)CC(O)CCCCCC/C=C\C/C=C\CCCCCC)CC(O)CCCCCC/C=C\C/C=C\CCCCCC. The molecule has 0 rings (SSSR count). The van der Waals surface area contributed by atoms with Crippen molar-refractivity contribution in [3.8, 4) is 0 Å². The van der Waals surface area contributed by atoms with E-state index in [2.05, 4.69) is 147 Å². The summed E-state index contributed by atoms with van der Waals surface area (Å²) in [5.74, 6) is 0. The molecule has 0 bridgehead atoms. The van der Waals surface area contributed by atoms with Crippen LogP contribution in [-0.2, 0) is 0 Å². The van der Waals surface area contributed by atoms with Gasteiger partial charge in [-0.2, -0.15) is 0 Å². The summed E-state index contributed by atoms with van der Waals surface area (Å²) in [5.41, 5.74) is 0. The van der Waals surface area contributed by atoms with Crippen LogP contribution in [-0.4, -0.2) is 119 Å². The molecule has 0 heterocycles. The smallest absolute Gasteiger partial charge is 0.0667 e. The van der Waals surface area contributed by atoms with Crippen LogP contribution >= 0.6 is 0 Å². The lowest BCUT2D eigenvalue weighted by Crippen LogP contribution is -2.44. The second kappa shape index (κ2) is 72.1. The summed E-state index contributed by atoms with van der Waals surface area (Å²) in [5, 5.41) is 45.6. The largest absolute Gasteiger partial charge is 0.392 e. The standard InChI is InChI=1S/C81H151N3O4/c1-6-10-14-18-22-26-30-34-38-42-46-50-54-58-62-66-78(85)74-83(75-79(86)67-63-59-55-51-47-43-39-35-31-27-23-19-15-11-7-2)72-70-82(5)71-73-84(76-80(87)68-64-60-56-52-48-44-40-36-32-28-24-20-16-12-8-3)77-81(88)69-65-61-57-53-49-45-41-37-33-29-25-21-17-13-9-4/h26-33,38-45,78-81,85-88H,6-25,34-37,46-77H2,1-5H3/b30-26-,31-27-,32-28-,33-29-,42-38-,43-39-,44-40-,45-41-. The van der Waals surface area contributed by atoms with Crippen LogP contribution in [0.25, 0.3) is 0 Å². The van der Waals surface area contributed by atoms with Crippen molar-refractivity contribution in [2.45, 2.75) is 360 Å². The van der Waals surface area contributed by atoms with Crippen molar-refractivity contribution in [2.24, 2.45) is 0 Å². The molecule has 0 aromatic rings. The summed E-state index contributed by atoms with van der Waals surface area (Å²) < 4.78 is 0. The van der Waals surface area contributed by atoms with Gasteiger partial charge in [-0.1, -0.05) is 279 Å². The van der Waals surface area contributed by atoms with Gasteiger partial charge in [-0.25, -0.2) is 0 Å². The zero-order chi connectivity index (χ0) is 64.0. The van der Waals surface area contributed by atoms with E-state index in [1.54, 1.807) is 0 Å². The number of aliphatic hydroxyl groups is 4. The van der Waals surface area contributed by atoms with Crippen LogP contribution < -0.4 is 0 Å². The monoisotopic (exact) mass is 1230 g/mol. The molecular formula is C81H151N3O4. The average Bonchev–Trinajstić information content (AvgIpc) is 3.72. The highest BCUT2D eigenvalue weighted by molar-refractivity contribution is 4.95. The summed E-state index contributed by atoms with van der Waals surface area (Å²) in [4.78, 5) is 7.01. The van der Waals surface area contributed by atoms with Crippen molar-refractivity contribution in [1.82, 2.24) is 14.7 Å². The van der Waals surface area contributed by atoms with Crippen LogP contribution in [0.4, 0.5) is 0 Å². The molecule has 0 saturated heterocycles. The van der Waals surface area contributed by atoms with Crippen LogP contribution in [0.1, 0.15) is 336 Å². The minimum Gasteiger partial charge on any atom is -0.392 e. The van der Waals surface area contributed by atoms with Crippen molar-refractivity contribution in [2.75, 3.05) is 59.4 Å². The lowest BCUT2D eigenvalue weighted by molar-refractivity contribution is 0.0492. The Labute approximate surface area is 549 Å². The zero-order valence-electron chi connectivity index (χ0n) is 59.3. The summed E-state index contributed by atoms with van der Waals surface area (Å²) in [6, 6.07) is 0. The molecule has 7 nitrogen and oxygen atoms in total. The van der Waals surface area contributed by atoms with Crippen molar-refractivity contribution >= 4 is 0 Å². The first-order valence-corrected chi connectivity index (χ1v) is 38.3. The molecule has 0 spiro atoms. The first-order valence-electron chi connectivity index (χ1n) is 38.3. The second-order valence-corrected chi connectivity index (χ2v) is 26.5. The molecule has 0 radical (unpaired) electrons. The fourth-order valence-corrected chi connectivity index (χ4v) is 11.6. The van der Waals surface area contributed by atoms with Crippen molar-refractivity contribution in [3.63, 3.8) is 0 Å². The first kappa shape index (κ1) is 85.6. The molecular weight excluding hydrogens is 1080 g/mol. The molecule has 514 valence electrons. The number of aliphatic hydroxyl groups excluding tert-OH is 4. The van der Waals surface area contributed by atoms with Crippen molar-refractivity contribution < 1.29 is 20.4 Å². The Morgan fingerprint density at radius 3 is 0.602 bits per heavy atom. The van der Waals surface area contributed by atoms with Crippen LogP contribution in [0.5, 0.6) is 0 Å². The van der Waals surface area contributed by atoms with E-state index in [-0.39, 0.29) is 0 Å². The maximum Gasteiger partial charge on any atom is 0.0667 e. The third kappa shape index (κ3) is 68.0. The number of hydrogen-bond donors (Lipinski definition) is 4. The van der Waals surface area contributed by atoms with Crippen LogP contribution in [0, 0.1) is 0 Å². The zero-order valence-corrected chi connectivity index (χ0v) is 59.3. The fraction of sp³-hybridized carbons (Fsp3) is 0.802. The molecule has 0 aliphatic carbocycles. The third-order valence-electron chi connectivity index (χ3n) is 17.4. The van der Waals surface area contributed by atoms with Gasteiger partial charge in [0.05, 0.1) is 24.4 Å².